The van der Waals surface area contributed by atoms with Crippen molar-refractivity contribution in [1.82, 2.24) is 9.78 Å². The first kappa shape index (κ1) is 17.6. The van der Waals surface area contributed by atoms with Crippen LogP contribution in [0.2, 0.25) is 0 Å². The molecule has 0 saturated heterocycles. The molecule has 0 amide bonds. The van der Waals surface area contributed by atoms with E-state index in [1.165, 1.54) is 0 Å². The highest BCUT2D eigenvalue weighted by atomic mass is 16.5. The second kappa shape index (κ2) is 7.78. The van der Waals surface area contributed by atoms with Crippen LogP contribution in [0, 0.1) is 0 Å². The standard InChI is InChI=1S/C21H20N2O3/c1-3-26-21(25)19-17(14-18(24)15-10-6-4-7-11-15)23(2)22-20(19)16-12-8-5-9-13-16/h4-13H,3,14H2,1-2H3. The molecule has 5 heteroatoms. The predicted octanol–water partition coefficient (Wildman–Crippen LogP) is 3.69. The topological polar surface area (TPSA) is 61.2 Å². The molecule has 0 fully saturated rings. The van der Waals surface area contributed by atoms with Gasteiger partial charge in [0.1, 0.15) is 11.3 Å². The number of Topliss-reactive ketones (excluding diaryl/α,β-unsaturated/α-hetero) is 1. The third-order valence-electron chi connectivity index (χ3n) is 4.12. The molecule has 0 aliphatic carbocycles. The van der Waals surface area contributed by atoms with Crippen molar-refractivity contribution in [2.45, 2.75) is 13.3 Å². The minimum atomic E-state index is -0.463. The number of hydrogen-bond acceptors (Lipinski definition) is 4. The van der Waals surface area contributed by atoms with E-state index >= 15 is 0 Å². The number of aryl methyl sites for hydroxylation is 1. The zero-order chi connectivity index (χ0) is 18.5. The van der Waals surface area contributed by atoms with Gasteiger partial charge in [0, 0.05) is 18.2 Å². The Morgan fingerprint density at radius 3 is 2.23 bits per heavy atom. The Kier molecular flexibility index (Phi) is 5.27. The maximum absolute atomic E-state index is 12.7. The maximum atomic E-state index is 12.7. The number of hydrogen-bond donors (Lipinski definition) is 0. The molecule has 0 saturated carbocycles. The third-order valence-corrected chi connectivity index (χ3v) is 4.12. The second-order valence-electron chi connectivity index (χ2n) is 5.85. The quantitative estimate of drug-likeness (QED) is 0.503. The molecule has 0 aliphatic rings. The Bertz CT molecular complexity index is 915. The van der Waals surface area contributed by atoms with E-state index in [1.807, 2.05) is 48.5 Å². The number of benzene rings is 2. The Morgan fingerprint density at radius 1 is 1.00 bits per heavy atom. The van der Waals surface area contributed by atoms with Gasteiger partial charge in [-0.15, -0.1) is 0 Å². The number of carbonyl (C=O) groups is 2. The number of carbonyl (C=O) groups excluding carboxylic acids is 2. The van der Waals surface area contributed by atoms with Crippen molar-refractivity contribution >= 4 is 11.8 Å². The van der Waals surface area contributed by atoms with Crippen LogP contribution >= 0.6 is 0 Å². The first-order chi connectivity index (χ1) is 12.6. The fourth-order valence-corrected chi connectivity index (χ4v) is 2.86. The largest absolute Gasteiger partial charge is 0.462 e. The highest BCUT2D eigenvalue weighted by molar-refractivity contribution is 6.02. The van der Waals surface area contributed by atoms with Crippen molar-refractivity contribution in [3.05, 3.63) is 77.5 Å². The van der Waals surface area contributed by atoms with Gasteiger partial charge < -0.3 is 4.74 Å². The van der Waals surface area contributed by atoms with Gasteiger partial charge >= 0.3 is 5.97 Å². The average molecular weight is 348 g/mol. The SMILES string of the molecule is CCOC(=O)c1c(-c2ccccc2)nn(C)c1CC(=O)c1ccccc1. The Labute approximate surface area is 152 Å². The van der Waals surface area contributed by atoms with Crippen LogP contribution in [0.5, 0.6) is 0 Å². The number of aromatic nitrogens is 2. The van der Waals surface area contributed by atoms with Crippen LogP contribution in [0.4, 0.5) is 0 Å². The monoisotopic (exact) mass is 348 g/mol. The fraction of sp³-hybridized carbons (Fsp3) is 0.190. The van der Waals surface area contributed by atoms with Gasteiger partial charge in [0.2, 0.25) is 0 Å². The summed E-state index contributed by atoms with van der Waals surface area (Å²) in [5, 5.41) is 4.49. The van der Waals surface area contributed by atoms with E-state index in [0.29, 0.717) is 22.5 Å². The smallest absolute Gasteiger partial charge is 0.342 e. The molecular formula is C21H20N2O3. The normalized spacial score (nSPS) is 10.5. The summed E-state index contributed by atoms with van der Waals surface area (Å²) in [7, 11) is 1.74. The van der Waals surface area contributed by atoms with Crippen molar-refractivity contribution in [2.75, 3.05) is 6.61 Å². The Hall–Kier alpha value is -3.21. The molecule has 0 radical (unpaired) electrons. The highest BCUT2D eigenvalue weighted by Crippen LogP contribution is 2.27. The van der Waals surface area contributed by atoms with Crippen molar-refractivity contribution < 1.29 is 14.3 Å². The molecule has 2 aromatic carbocycles. The van der Waals surface area contributed by atoms with E-state index in [1.54, 1.807) is 30.8 Å². The van der Waals surface area contributed by atoms with E-state index in [2.05, 4.69) is 5.10 Å². The van der Waals surface area contributed by atoms with Crippen LogP contribution in [0.15, 0.2) is 60.7 Å². The molecule has 3 aromatic rings. The van der Waals surface area contributed by atoms with Crippen molar-refractivity contribution in [3.63, 3.8) is 0 Å². The predicted molar refractivity (Wildman–Crippen MR) is 99.1 cm³/mol. The summed E-state index contributed by atoms with van der Waals surface area (Å²) in [6.45, 7) is 2.01. The number of rotatable bonds is 6. The molecular weight excluding hydrogens is 328 g/mol. The minimum Gasteiger partial charge on any atom is -0.462 e. The average Bonchev–Trinajstić information content (AvgIpc) is 3.00. The summed E-state index contributed by atoms with van der Waals surface area (Å²) in [6.07, 6.45) is 0.0779. The van der Waals surface area contributed by atoms with Crippen molar-refractivity contribution in [2.24, 2.45) is 7.05 Å². The third kappa shape index (κ3) is 3.57. The van der Waals surface area contributed by atoms with Gasteiger partial charge in [0.15, 0.2) is 5.78 Å². The zero-order valence-corrected chi connectivity index (χ0v) is 14.8. The summed E-state index contributed by atoms with van der Waals surface area (Å²) in [6, 6.07) is 18.5. The molecule has 5 nitrogen and oxygen atoms in total. The van der Waals surface area contributed by atoms with E-state index in [-0.39, 0.29) is 18.8 Å². The maximum Gasteiger partial charge on any atom is 0.342 e. The summed E-state index contributed by atoms with van der Waals surface area (Å²) in [4.78, 5) is 25.3. The molecule has 0 N–H and O–H groups in total. The van der Waals surface area contributed by atoms with Crippen molar-refractivity contribution in [1.29, 1.82) is 0 Å². The van der Waals surface area contributed by atoms with Gasteiger partial charge in [0.05, 0.1) is 18.7 Å². The molecule has 0 bridgehead atoms. The van der Waals surface area contributed by atoms with Gasteiger partial charge in [0.25, 0.3) is 0 Å². The van der Waals surface area contributed by atoms with E-state index in [0.717, 1.165) is 5.56 Å². The second-order valence-corrected chi connectivity index (χ2v) is 5.85. The van der Waals surface area contributed by atoms with Gasteiger partial charge in [-0.2, -0.15) is 5.10 Å². The van der Waals surface area contributed by atoms with E-state index in [4.69, 9.17) is 4.74 Å². The summed E-state index contributed by atoms with van der Waals surface area (Å²) >= 11 is 0. The summed E-state index contributed by atoms with van der Waals surface area (Å²) < 4.78 is 6.82. The van der Waals surface area contributed by atoms with Gasteiger partial charge in [-0.1, -0.05) is 60.7 Å². The van der Waals surface area contributed by atoms with Gasteiger partial charge in [-0.25, -0.2) is 4.79 Å². The van der Waals surface area contributed by atoms with Crippen LogP contribution in [0.25, 0.3) is 11.3 Å². The van der Waals surface area contributed by atoms with Crippen LogP contribution in [0.3, 0.4) is 0 Å². The lowest BCUT2D eigenvalue weighted by Crippen LogP contribution is -2.13. The molecule has 0 atom stereocenters. The fourth-order valence-electron chi connectivity index (χ4n) is 2.86. The number of ether oxygens (including phenoxy) is 1. The van der Waals surface area contributed by atoms with Crippen LogP contribution < -0.4 is 0 Å². The van der Waals surface area contributed by atoms with Crippen LogP contribution in [0.1, 0.15) is 33.3 Å². The first-order valence-electron chi connectivity index (χ1n) is 8.48. The van der Waals surface area contributed by atoms with Gasteiger partial charge in [-0.3, -0.25) is 9.48 Å². The molecule has 1 heterocycles. The number of esters is 1. The molecule has 0 spiro atoms. The Balaban J connectivity index is 2.05. The van der Waals surface area contributed by atoms with Gasteiger partial charge in [-0.05, 0) is 6.92 Å². The summed E-state index contributed by atoms with van der Waals surface area (Å²) in [5.74, 6) is -0.533. The molecule has 26 heavy (non-hydrogen) atoms. The molecule has 1 aromatic heterocycles. The van der Waals surface area contributed by atoms with E-state index in [9.17, 15) is 9.59 Å². The first-order valence-corrected chi connectivity index (χ1v) is 8.48. The Morgan fingerprint density at radius 2 is 1.62 bits per heavy atom. The summed E-state index contributed by atoms with van der Waals surface area (Å²) in [5.41, 5.74) is 2.85. The van der Waals surface area contributed by atoms with Crippen LogP contribution in [-0.4, -0.2) is 28.1 Å². The number of nitrogens with zero attached hydrogens (tertiary/aromatic N) is 2. The molecule has 0 aliphatic heterocycles. The number of ketones is 1. The highest BCUT2D eigenvalue weighted by Gasteiger charge is 2.26. The molecule has 132 valence electrons. The van der Waals surface area contributed by atoms with Crippen LogP contribution in [-0.2, 0) is 18.2 Å². The van der Waals surface area contributed by atoms with Crippen molar-refractivity contribution in [3.8, 4) is 11.3 Å². The minimum absolute atomic E-state index is 0.0706. The zero-order valence-electron chi connectivity index (χ0n) is 14.8. The lowest BCUT2D eigenvalue weighted by Gasteiger charge is -2.07. The molecule has 0 unspecified atom stereocenters. The molecule has 3 rings (SSSR count). The van der Waals surface area contributed by atoms with E-state index < -0.39 is 5.97 Å². The lowest BCUT2D eigenvalue weighted by molar-refractivity contribution is 0.0526. The lowest BCUT2D eigenvalue weighted by atomic mass is 10.0.